The lowest BCUT2D eigenvalue weighted by molar-refractivity contribution is 0.0521. The van der Waals surface area contributed by atoms with Crippen molar-refractivity contribution >= 4 is 11.8 Å². The van der Waals surface area contributed by atoms with Crippen molar-refractivity contribution in [1.82, 2.24) is 4.98 Å². The van der Waals surface area contributed by atoms with Crippen LogP contribution in [0.1, 0.15) is 38.9 Å². The van der Waals surface area contributed by atoms with E-state index in [0.717, 1.165) is 16.7 Å². The molecule has 0 atom stereocenters. The molecule has 0 saturated carbocycles. The van der Waals surface area contributed by atoms with E-state index in [-0.39, 0.29) is 12.4 Å². The molecule has 136 valence electrons. The van der Waals surface area contributed by atoms with Gasteiger partial charge in [-0.1, -0.05) is 29.8 Å². The average Bonchev–Trinajstić information content (AvgIpc) is 3.19. The van der Waals surface area contributed by atoms with E-state index in [1.54, 1.807) is 26.2 Å². The third-order valence-corrected chi connectivity index (χ3v) is 4.79. The van der Waals surface area contributed by atoms with E-state index in [9.17, 15) is 9.59 Å². The Bertz CT molecular complexity index is 1060. The molecule has 2 aromatic carbocycles. The van der Waals surface area contributed by atoms with Gasteiger partial charge in [0.2, 0.25) is 0 Å². The van der Waals surface area contributed by atoms with Gasteiger partial charge in [-0.3, -0.25) is 4.79 Å². The Balaban J connectivity index is 1.98. The van der Waals surface area contributed by atoms with E-state index >= 15 is 0 Å². The predicted molar refractivity (Wildman–Crippen MR) is 102 cm³/mol. The third kappa shape index (κ3) is 2.63. The lowest BCUT2D eigenvalue weighted by atomic mass is 9.97. The Labute approximate surface area is 156 Å². The zero-order valence-electron chi connectivity index (χ0n) is 15.4. The molecule has 27 heavy (non-hydrogen) atoms. The second kappa shape index (κ2) is 6.43. The largest absolute Gasteiger partial charge is 0.497 e. The average molecular weight is 361 g/mol. The number of ketones is 1. The van der Waals surface area contributed by atoms with Crippen LogP contribution in [0, 0.1) is 6.92 Å². The van der Waals surface area contributed by atoms with Gasteiger partial charge in [0.25, 0.3) is 0 Å². The zero-order valence-corrected chi connectivity index (χ0v) is 15.4. The quantitative estimate of drug-likeness (QED) is 0.548. The molecule has 3 aromatic rings. The number of aromatic nitrogens is 1. The van der Waals surface area contributed by atoms with Crippen LogP contribution in [0.25, 0.3) is 22.4 Å². The lowest BCUT2D eigenvalue weighted by Gasteiger charge is -2.08. The smallest absolute Gasteiger partial charge is 0.355 e. The van der Waals surface area contributed by atoms with Crippen LogP contribution in [-0.2, 0) is 4.74 Å². The molecule has 1 N–H and O–H groups in total. The summed E-state index contributed by atoms with van der Waals surface area (Å²) in [5, 5.41) is 0. The van der Waals surface area contributed by atoms with Crippen molar-refractivity contribution in [2.45, 2.75) is 13.8 Å². The molecule has 1 aliphatic rings. The van der Waals surface area contributed by atoms with E-state index < -0.39 is 5.97 Å². The number of esters is 1. The molecule has 1 aliphatic carbocycles. The molecule has 0 bridgehead atoms. The number of H-pyrrole nitrogens is 1. The molecule has 1 aromatic heterocycles. The number of rotatable bonds is 4. The van der Waals surface area contributed by atoms with Crippen LogP contribution in [0.5, 0.6) is 5.75 Å². The minimum absolute atomic E-state index is 0.106. The van der Waals surface area contributed by atoms with E-state index in [2.05, 4.69) is 4.98 Å². The van der Waals surface area contributed by atoms with Gasteiger partial charge in [0, 0.05) is 16.7 Å². The third-order valence-electron chi connectivity index (χ3n) is 4.79. The van der Waals surface area contributed by atoms with Gasteiger partial charge < -0.3 is 14.5 Å². The Hall–Kier alpha value is -3.34. The predicted octanol–water partition coefficient (Wildman–Crippen LogP) is 4.39. The highest BCUT2D eigenvalue weighted by molar-refractivity contribution is 6.26. The highest BCUT2D eigenvalue weighted by atomic mass is 16.5. The van der Waals surface area contributed by atoms with Crippen molar-refractivity contribution in [3.8, 4) is 28.1 Å². The summed E-state index contributed by atoms with van der Waals surface area (Å²) < 4.78 is 10.5. The fraction of sp³-hybridized carbons (Fsp3) is 0.182. The topological polar surface area (TPSA) is 68.4 Å². The van der Waals surface area contributed by atoms with E-state index in [1.165, 1.54) is 0 Å². The summed E-state index contributed by atoms with van der Waals surface area (Å²) in [6.07, 6.45) is 0. The molecule has 0 unspecified atom stereocenters. The number of methoxy groups -OCH3 is 1. The standard InChI is InChI=1S/C22H19NO4/c1-4-27-22(25)20-17(13-7-5-12(2)6-8-13)18-19(23-20)16-11-14(26-3)9-10-15(16)21(18)24/h5-11,23H,4H2,1-3H3. The monoisotopic (exact) mass is 361 g/mol. The van der Waals surface area contributed by atoms with E-state index in [4.69, 9.17) is 9.47 Å². The summed E-state index contributed by atoms with van der Waals surface area (Å²) in [5.41, 5.74) is 5.25. The van der Waals surface area contributed by atoms with Crippen molar-refractivity contribution in [2.75, 3.05) is 13.7 Å². The van der Waals surface area contributed by atoms with Gasteiger partial charge in [0.05, 0.1) is 25.0 Å². The molecule has 0 amide bonds. The molecule has 5 nitrogen and oxygen atoms in total. The molecule has 0 aliphatic heterocycles. The van der Waals surface area contributed by atoms with Crippen LogP contribution in [0.3, 0.4) is 0 Å². The number of carbonyl (C=O) groups is 2. The fourth-order valence-corrected chi connectivity index (χ4v) is 3.48. The Morgan fingerprint density at radius 3 is 2.44 bits per heavy atom. The van der Waals surface area contributed by atoms with Crippen molar-refractivity contribution < 1.29 is 19.1 Å². The van der Waals surface area contributed by atoms with Crippen LogP contribution in [0.15, 0.2) is 42.5 Å². The number of hydrogen-bond donors (Lipinski definition) is 1. The number of fused-ring (bicyclic) bond motifs is 3. The van der Waals surface area contributed by atoms with Crippen LogP contribution < -0.4 is 4.74 Å². The van der Waals surface area contributed by atoms with Crippen molar-refractivity contribution in [1.29, 1.82) is 0 Å². The minimum Gasteiger partial charge on any atom is -0.497 e. The Morgan fingerprint density at radius 2 is 1.78 bits per heavy atom. The first-order valence-electron chi connectivity index (χ1n) is 8.78. The van der Waals surface area contributed by atoms with Crippen LogP contribution in [0.4, 0.5) is 0 Å². The molecule has 0 radical (unpaired) electrons. The molecular formula is C22H19NO4. The fourth-order valence-electron chi connectivity index (χ4n) is 3.48. The van der Waals surface area contributed by atoms with Gasteiger partial charge >= 0.3 is 5.97 Å². The maximum atomic E-state index is 13.1. The SMILES string of the molecule is CCOC(=O)c1[nH]c2c(c1-c1ccc(C)cc1)C(=O)c1ccc(OC)cc1-2. The highest BCUT2D eigenvalue weighted by Gasteiger charge is 2.36. The number of ether oxygens (including phenoxy) is 2. The second-order valence-corrected chi connectivity index (χ2v) is 6.45. The second-order valence-electron chi connectivity index (χ2n) is 6.45. The first-order valence-corrected chi connectivity index (χ1v) is 8.78. The highest BCUT2D eigenvalue weighted by Crippen LogP contribution is 2.44. The summed E-state index contributed by atoms with van der Waals surface area (Å²) in [7, 11) is 1.58. The molecule has 0 spiro atoms. The number of hydrogen-bond acceptors (Lipinski definition) is 4. The minimum atomic E-state index is -0.472. The molecule has 5 heteroatoms. The van der Waals surface area contributed by atoms with Crippen molar-refractivity contribution in [3.05, 3.63) is 64.8 Å². The summed E-state index contributed by atoms with van der Waals surface area (Å²) in [5.74, 6) is 0.0725. The molecule has 4 rings (SSSR count). The van der Waals surface area contributed by atoms with Gasteiger partial charge in [-0.15, -0.1) is 0 Å². The number of carbonyl (C=O) groups excluding carboxylic acids is 2. The summed E-state index contributed by atoms with van der Waals surface area (Å²) in [4.78, 5) is 28.8. The molecule has 0 fully saturated rings. The molecular weight excluding hydrogens is 342 g/mol. The van der Waals surface area contributed by atoms with Crippen LogP contribution in [-0.4, -0.2) is 30.5 Å². The van der Waals surface area contributed by atoms with Crippen LogP contribution >= 0.6 is 0 Å². The van der Waals surface area contributed by atoms with Crippen molar-refractivity contribution in [2.24, 2.45) is 0 Å². The zero-order chi connectivity index (χ0) is 19.1. The van der Waals surface area contributed by atoms with Gasteiger partial charge in [-0.05, 0) is 37.6 Å². The van der Waals surface area contributed by atoms with Gasteiger partial charge in [-0.25, -0.2) is 4.79 Å². The molecule has 0 saturated heterocycles. The van der Waals surface area contributed by atoms with Gasteiger partial charge in [0.1, 0.15) is 11.4 Å². The van der Waals surface area contributed by atoms with Crippen molar-refractivity contribution in [3.63, 3.8) is 0 Å². The van der Waals surface area contributed by atoms with Gasteiger partial charge in [-0.2, -0.15) is 0 Å². The first-order chi connectivity index (χ1) is 13.0. The summed E-state index contributed by atoms with van der Waals surface area (Å²) >= 11 is 0. The number of nitrogens with one attached hydrogen (secondary N) is 1. The number of benzene rings is 2. The van der Waals surface area contributed by atoms with E-state index in [0.29, 0.717) is 33.8 Å². The lowest BCUT2D eigenvalue weighted by Crippen LogP contribution is -2.08. The van der Waals surface area contributed by atoms with Crippen LogP contribution in [0.2, 0.25) is 0 Å². The maximum absolute atomic E-state index is 13.1. The Morgan fingerprint density at radius 1 is 1.04 bits per heavy atom. The number of aryl methyl sites for hydroxylation is 1. The molecule has 1 heterocycles. The Kier molecular flexibility index (Phi) is 4.07. The van der Waals surface area contributed by atoms with E-state index in [1.807, 2.05) is 37.3 Å². The summed E-state index contributed by atoms with van der Waals surface area (Å²) in [6, 6.07) is 13.1. The normalized spacial score (nSPS) is 11.9. The summed E-state index contributed by atoms with van der Waals surface area (Å²) in [6.45, 7) is 4.00. The van der Waals surface area contributed by atoms with Gasteiger partial charge in [0.15, 0.2) is 5.78 Å². The number of aromatic amines is 1. The first kappa shape index (κ1) is 17.1. The maximum Gasteiger partial charge on any atom is 0.355 e.